The number of sulfone groups is 1. The summed E-state index contributed by atoms with van der Waals surface area (Å²) in [4.78, 5) is 0.160. The Balaban J connectivity index is 2.61. The Kier molecular flexibility index (Phi) is 3.05. The van der Waals surface area contributed by atoms with E-state index in [1.54, 1.807) is 12.1 Å². The normalized spacial score (nSPS) is 11.6. The zero-order valence-corrected chi connectivity index (χ0v) is 11.0. The van der Waals surface area contributed by atoms with E-state index in [9.17, 15) is 8.42 Å². The van der Waals surface area contributed by atoms with Crippen LogP contribution < -0.4 is 0 Å². The Morgan fingerprint density at radius 1 is 1.38 bits per heavy atom. The van der Waals surface area contributed by atoms with Crippen LogP contribution in [0.5, 0.6) is 0 Å². The number of aromatic nitrogens is 2. The summed E-state index contributed by atoms with van der Waals surface area (Å²) >= 11 is 8.94. The molecule has 0 saturated heterocycles. The summed E-state index contributed by atoms with van der Waals surface area (Å²) in [5, 5.41) is 5.96. The van der Waals surface area contributed by atoms with Crippen molar-refractivity contribution in [3.05, 3.63) is 40.0 Å². The van der Waals surface area contributed by atoms with Gasteiger partial charge in [0.1, 0.15) is 0 Å². The van der Waals surface area contributed by atoms with Crippen molar-refractivity contribution in [2.45, 2.75) is 9.92 Å². The molecule has 4 nitrogen and oxygen atoms in total. The van der Waals surface area contributed by atoms with E-state index in [0.29, 0.717) is 4.47 Å². The van der Waals surface area contributed by atoms with Gasteiger partial charge in [-0.2, -0.15) is 5.10 Å². The molecule has 0 atom stereocenters. The van der Waals surface area contributed by atoms with Crippen LogP contribution in [0.3, 0.4) is 0 Å². The molecule has 0 spiro atoms. The fourth-order valence-corrected chi connectivity index (χ4v) is 3.40. The molecule has 1 aromatic heterocycles. The highest BCUT2D eigenvalue weighted by molar-refractivity contribution is 9.10. The summed E-state index contributed by atoms with van der Waals surface area (Å²) in [5.41, 5.74) is 0. The number of halogens is 2. The average molecular weight is 322 g/mol. The monoisotopic (exact) mass is 320 g/mol. The zero-order valence-electron chi connectivity index (χ0n) is 7.81. The minimum absolute atomic E-state index is 0.0833. The summed E-state index contributed by atoms with van der Waals surface area (Å²) in [7, 11) is -3.63. The maximum Gasteiger partial charge on any atom is 0.224 e. The Hall–Kier alpha value is -0.850. The van der Waals surface area contributed by atoms with Gasteiger partial charge in [-0.25, -0.2) is 8.42 Å². The van der Waals surface area contributed by atoms with E-state index >= 15 is 0 Å². The lowest BCUT2D eigenvalue weighted by molar-refractivity contribution is 0.592. The van der Waals surface area contributed by atoms with Crippen molar-refractivity contribution in [2.75, 3.05) is 0 Å². The molecule has 2 rings (SSSR count). The third-order valence-corrected chi connectivity index (χ3v) is 4.55. The Morgan fingerprint density at radius 2 is 2.12 bits per heavy atom. The van der Waals surface area contributed by atoms with Gasteiger partial charge in [-0.05, 0) is 18.2 Å². The van der Waals surface area contributed by atoms with E-state index in [2.05, 4.69) is 26.1 Å². The molecule has 0 amide bonds. The molecule has 1 heterocycles. The molecule has 0 saturated carbocycles. The van der Waals surface area contributed by atoms with Crippen LogP contribution in [-0.4, -0.2) is 18.6 Å². The Morgan fingerprint density at radius 3 is 2.69 bits per heavy atom. The van der Waals surface area contributed by atoms with E-state index in [0.717, 1.165) is 0 Å². The fourth-order valence-electron chi connectivity index (χ4n) is 1.20. The van der Waals surface area contributed by atoms with Gasteiger partial charge in [0, 0.05) is 4.47 Å². The van der Waals surface area contributed by atoms with Crippen molar-refractivity contribution in [3.63, 3.8) is 0 Å². The van der Waals surface area contributed by atoms with Crippen LogP contribution >= 0.6 is 27.5 Å². The lowest BCUT2D eigenvalue weighted by Gasteiger charge is -2.02. The molecule has 1 aromatic carbocycles. The van der Waals surface area contributed by atoms with Gasteiger partial charge in [-0.15, -0.1) is 0 Å². The predicted molar refractivity (Wildman–Crippen MR) is 63.2 cm³/mol. The van der Waals surface area contributed by atoms with Crippen molar-refractivity contribution in [1.82, 2.24) is 10.2 Å². The smallest absolute Gasteiger partial charge is 0.224 e. The summed E-state index contributed by atoms with van der Waals surface area (Å²) in [5.74, 6) is 0. The van der Waals surface area contributed by atoms with E-state index in [-0.39, 0.29) is 14.9 Å². The first-order valence-electron chi connectivity index (χ1n) is 4.21. The van der Waals surface area contributed by atoms with E-state index in [1.165, 1.54) is 18.3 Å². The average Bonchev–Trinajstić information content (AvgIpc) is 2.65. The molecule has 0 aliphatic rings. The van der Waals surface area contributed by atoms with Gasteiger partial charge in [0.05, 0.1) is 16.1 Å². The maximum atomic E-state index is 12.1. The number of nitrogens with zero attached hydrogens (tertiary/aromatic N) is 1. The summed E-state index contributed by atoms with van der Waals surface area (Å²) < 4.78 is 24.9. The molecule has 0 bridgehead atoms. The summed E-state index contributed by atoms with van der Waals surface area (Å²) in [6.45, 7) is 0. The number of hydrogen-bond donors (Lipinski definition) is 1. The van der Waals surface area contributed by atoms with Crippen molar-refractivity contribution in [3.8, 4) is 0 Å². The van der Waals surface area contributed by atoms with Crippen molar-refractivity contribution in [1.29, 1.82) is 0 Å². The molecule has 16 heavy (non-hydrogen) atoms. The first-order chi connectivity index (χ1) is 7.51. The van der Waals surface area contributed by atoms with Crippen LogP contribution in [0.4, 0.5) is 0 Å². The van der Waals surface area contributed by atoms with Crippen LogP contribution in [-0.2, 0) is 9.84 Å². The topological polar surface area (TPSA) is 62.8 Å². The largest absolute Gasteiger partial charge is 0.266 e. The molecule has 84 valence electrons. The van der Waals surface area contributed by atoms with Crippen LogP contribution in [0.25, 0.3) is 0 Å². The number of nitrogens with one attached hydrogen (secondary N) is 1. The number of H-pyrrole nitrogens is 1. The van der Waals surface area contributed by atoms with Crippen LogP contribution in [0.2, 0.25) is 5.02 Å². The third kappa shape index (κ3) is 2.00. The van der Waals surface area contributed by atoms with Gasteiger partial charge >= 0.3 is 0 Å². The first-order valence-corrected chi connectivity index (χ1v) is 6.87. The van der Waals surface area contributed by atoms with Gasteiger partial charge in [0.15, 0.2) is 5.03 Å². The van der Waals surface area contributed by atoms with E-state index in [4.69, 9.17) is 11.6 Å². The van der Waals surface area contributed by atoms with Crippen LogP contribution in [0.1, 0.15) is 0 Å². The second-order valence-corrected chi connectivity index (χ2v) is 6.22. The minimum Gasteiger partial charge on any atom is -0.266 e. The highest BCUT2D eigenvalue weighted by atomic mass is 79.9. The lowest BCUT2D eigenvalue weighted by Crippen LogP contribution is -2.03. The van der Waals surface area contributed by atoms with Gasteiger partial charge in [-0.3, -0.25) is 5.10 Å². The minimum atomic E-state index is -3.63. The fraction of sp³-hybridized carbons (Fsp3) is 0. The van der Waals surface area contributed by atoms with E-state index in [1.807, 2.05) is 0 Å². The molecule has 7 heteroatoms. The quantitative estimate of drug-likeness (QED) is 0.925. The second kappa shape index (κ2) is 4.20. The molecular weight excluding hydrogens is 316 g/mol. The third-order valence-electron chi connectivity index (χ3n) is 1.94. The van der Waals surface area contributed by atoms with Gasteiger partial charge in [0.2, 0.25) is 9.84 Å². The zero-order chi connectivity index (χ0) is 11.8. The Bertz CT molecular complexity index is 624. The number of aromatic amines is 1. The second-order valence-electron chi connectivity index (χ2n) is 3.01. The molecule has 0 radical (unpaired) electrons. The lowest BCUT2D eigenvalue weighted by atomic mass is 10.4. The van der Waals surface area contributed by atoms with Crippen LogP contribution in [0, 0.1) is 0 Å². The number of hydrogen-bond acceptors (Lipinski definition) is 3. The molecule has 0 aliphatic carbocycles. The van der Waals surface area contributed by atoms with Gasteiger partial charge < -0.3 is 0 Å². The molecule has 0 aliphatic heterocycles. The van der Waals surface area contributed by atoms with Crippen molar-refractivity contribution < 1.29 is 8.42 Å². The maximum absolute atomic E-state index is 12.1. The Labute approximate surface area is 106 Å². The SMILES string of the molecule is O=S(=O)(c1cccc(Br)c1)c1[nH]ncc1Cl. The molecule has 0 unspecified atom stereocenters. The molecular formula is C9H6BrClN2O2S. The molecule has 2 aromatic rings. The summed E-state index contributed by atoms with van der Waals surface area (Å²) in [6.07, 6.45) is 1.26. The molecule has 0 fully saturated rings. The first kappa shape index (κ1) is 11.6. The molecule has 1 N–H and O–H groups in total. The van der Waals surface area contributed by atoms with Crippen LogP contribution in [0.15, 0.2) is 44.9 Å². The highest BCUT2D eigenvalue weighted by Crippen LogP contribution is 2.26. The number of rotatable bonds is 2. The standard InChI is InChI=1S/C9H6BrClN2O2S/c10-6-2-1-3-7(4-6)16(14,15)9-8(11)5-12-13-9/h1-5H,(H,12,13). The number of benzene rings is 1. The van der Waals surface area contributed by atoms with Gasteiger partial charge in [0.25, 0.3) is 0 Å². The van der Waals surface area contributed by atoms with Crippen molar-refractivity contribution >= 4 is 37.4 Å². The van der Waals surface area contributed by atoms with E-state index < -0.39 is 9.84 Å². The van der Waals surface area contributed by atoms with Crippen molar-refractivity contribution in [2.24, 2.45) is 0 Å². The van der Waals surface area contributed by atoms with Gasteiger partial charge in [-0.1, -0.05) is 33.6 Å². The summed E-state index contributed by atoms with van der Waals surface area (Å²) in [6, 6.07) is 6.39. The predicted octanol–water partition coefficient (Wildman–Crippen LogP) is 2.66. The highest BCUT2D eigenvalue weighted by Gasteiger charge is 2.22.